The number of fused-ring (bicyclic) bond motifs is 3. The summed E-state index contributed by atoms with van der Waals surface area (Å²) in [6.45, 7) is 0.891. The molecule has 0 unspecified atom stereocenters. The average Bonchev–Trinajstić information content (AvgIpc) is 2.65. The number of hydrogen-bond acceptors (Lipinski definition) is 3. The lowest BCUT2D eigenvalue weighted by atomic mass is 10.3. The Hall–Kier alpha value is -0.780. The largest absolute Gasteiger partial charge is 0.354 e. The number of nitrogens with zero attached hydrogens (tertiary/aromatic N) is 1. The molecule has 0 amide bonds. The van der Waals surface area contributed by atoms with Crippen molar-refractivity contribution in [1.82, 2.24) is 4.72 Å². The van der Waals surface area contributed by atoms with Crippen LogP contribution in [-0.2, 0) is 10.0 Å². The lowest BCUT2D eigenvalue weighted by Crippen LogP contribution is -2.48. The van der Waals surface area contributed by atoms with Crippen LogP contribution in [0.1, 0.15) is 12.8 Å². The normalized spacial score (nSPS) is 26.3. The van der Waals surface area contributed by atoms with E-state index < -0.39 is 10.0 Å². The van der Waals surface area contributed by atoms with E-state index in [4.69, 9.17) is 11.6 Å². The quantitative estimate of drug-likeness (QED) is 0.768. The molecule has 4 nitrogen and oxygen atoms in total. The molecule has 1 aromatic rings. The van der Waals surface area contributed by atoms with Crippen molar-refractivity contribution < 1.29 is 8.42 Å². The third kappa shape index (κ3) is 1.43. The molecule has 1 saturated heterocycles. The van der Waals surface area contributed by atoms with Crippen LogP contribution in [0, 0.1) is 0 Å². The summed E-state index contributed by atoms with van der Waals surface area (Å²) in [6.07, 6.45) is 1.79. The molecule has 0 radical (unpaired) electrons. The van der Waals surface area contributed by atoms with Gasteiger partial charge in [-0.1, -0.05) is 11.6 Å². The number of hydrogen-bond donors (Lipinski definition) is 1. The fourth-order valence-electron chi connectivity index (χ4n) is 2.36. The standard InChI is InChI=1S/C10H11ClN2O2S/c11-7-3-4-8-9(6-7)16(14,15)12-10-2-1-5-13(8)10/h3-4,6,10,12H,1-2,5H2/t10-/m1/s1. The summed E-state index contributed by atoms with van der Waals surface area (Å²) >= 11 is 5.84. The summed E-state index contributed by atoms with van der Waals surface area (Å²) < 4.78 is 26.6. The van der Waals surface area contributed by atoms with Gasteiger partial charge in [-0.25, -0.2) is 8.42 Å². The first kappa shape index (κ1) is 10.4. The third-order valence-corrected chi connectivity index (χ3v) is 4.79. The molecular weight excluding hydrogens is 248 g/mol. The van der Waals surface area contributed by atoms with Crippen LogP contribution in [0.25, 0.3) is 0 Å². The predicted octanol–water partition coefficient (Wildman–Crippen LogP) is 1.56. The van der Waals surface area contributed by atoms with Crippen molar-refractivity contribution in [2.45, 2.75) is 23.9 Å². The maximum Gasteiger partial charge on any atom is 0.244 e. The topological polar surface area (TPSA) is 49.4 Å². The molecule has 0 saturated carbocycles. The second-order valence-electron chi connectivity index (χ2n) is 4.08. The molecule has 1 atom stereocenters. The van der Waals surface area contributed by atoms with Gasteiger partial charge in [0.15, 0.2) is 0 Å². The van der Waals surface area contributed by atoms with Crippen LogP contribution in [0.5, 0.6) is 0 Å². The minimum atomic E-state index is -3.39. The molecule has 2 heterocycles. The molecule has 6 heteroatoms. The second kappa shape index (κ2) is 3.35. The van der Waals surface area contributed by atoms with Crippen LogP contribution in [-0.4, -0.2) is 21.1 Å². The lowest BCUT2D eigenvalue weighted by Gasteiger charge is -2.33. The second-order valence-corrected chi connectivity index (χ2v) is 6.20. The highest BCUT2D eigenvalue weighted by Crippen LogP contribution is 2.36. The number of halogens is 1. The van der Waals surface area contributed by atoms with Gasteiger partial charge in [-0.15, -0.1) is 0 Å². The van der Waals surface area contributed by atoms with Gasteiger partial charge in [0.1, 0.15) is 4.90 Å². The Kier molecular flexibility index (Phi) is 2.18. The summed E-state index contributed by atoms with van der Waals surface area (Å²) in [5, 5.41) is 0.446. The summed E-state index contributed by atoms with van der Waals surface area (Å²) in [4.78, 5) is 2.38. The van der Waals surface area contributed by atoms with E-state index in [2.05, 4.69) is 9.62 Å². The minimum absolute atomic E-state index is 0.0846. The summed E-state index contributed by atoms with van der Waals surface area (Å²) in [6, 6.07) is 5.03. The number of benzene rings is 1. The van der Waals surface area contributed by atoms with Gasteiger partial charge in [0.2, 0.25) is 10.0 Å². The van der Waals surface area contributed by atoms with Gasteiger partial charge in [0.05, 0.1) is 11.9 Å². The maximum atomic E-state index is 12.0. The highest BCUT2D eigenvalue weighted by atomic mass is 35.5. The molecule has 3 rings (SSSR count). The number of nitrogens with one attached hydrogen (secondary N) is 1. The fourth-order valence-corrected chi connectivity index (χ4v) is 4.07. The van der Waals surface area contributed by atoms with Crippen molar-refractivity contribution in [1.29, 1.82) is 0 Å². The highest BCUT2D eigenvalue weighted by Gasteiger charge is 2.37. The van der Waals surface area contributed by atoms with E-state index in [0.717, 1.165) is 25.1 Å². The SMILES string of the molecule is O=S1(=O)N[C@H]2CCCN2c2ccc(Cl)cc21. The molecule has 16 heavy (non-hydrogen) atoms. The maximum absolute atomic E-state index is 12.0. The van der Waals surface area contributed by atoms with Gasteiger partial charge in [-0.2, -0.15) is 4.72 Å². The van der Waals surface area contributed by atoms with E-state index in [-0.39, 0.29) is 11.1 Å². The fraction of sp³-hybridized carbons (Fsp3) is 0.400. The van der Waals surface area contributed by atoms with E-state index in [1.54, 1.807) is 12.1 Å². The zero-order valence-electron chi connectivity index (χ0n) is 8.48. The lowest BCUT2D eigenvalue weighted by molar-refractivity contribution is 0.540. The minimum Gasteiger partial charge on any atom is -0.354 e. The molecule has 86 valence electrons. The van der Waals surface area contributed by atoms with Crippen LogP contribution in [0.3, 0.4) is 0 Å². The van der Waals surface area contributed by atoms with E-state index in [1.807, 2.05) is 0 Å². The van der Waals surface area contributed by atoms with Gasteiger partial charge < -0.3 is 4.90 Å². The van der Waals surface area contributed by atoms with Gasteiger partial charge in [0, 0.05) is 11.6 Å². The number of sulfonamides is 1. The van der Waals surface area contributed by atoms with Gasteiger partial charge in [-0.3, -0.25) is 0 Å². The van der Waals surface area contributed by atoms with E-state index in [9.17, 15) is 8.42 Å². The molecule has 0 aromatic heterocycles. The van der Waals surface area contributed by atoms with Crippen LogP contribution in [0.4, 0.5) is 5.69 Å². The van der Waals surface area contributed by atoms with E-state index in [1.165, 1.54) is 6.07 Å². The smallest absolute Gasteiger partial charge is 0.244 e. The molecule has 0 bridgehead atoms. The Morgan fingerprint density at radius 3 is 3.06 bits per heavy atom. The first-order valence-electron chi connectivity index (χ1n) is 5.16. The van der Waals surface area contributed by atoms with E-state index >= 15 is 0 Å². The molecular formula is C10H11ClN2O2S. The Bertz CT molecular complexity index is 544. The zero-order valence-corrected chi connectivity index (χ0v) is 10.1. The van der Waals surface area contributed by atoms with Gasteiger partial charge in [-0.05, 0) is 31.0 Å². The molecule has 1 aromatic carbocycles. The monoisotopic (exact) mass is 258 g/mol. The van der Waals surface area contributed by atoms with Gasteiger partial charge >= 0.3 is 0 Å². The molecule has 1 fully saturated rings. The third-order valence-electron chi connectivity index (χ3n) is 3.06. The van der Waals surface area contributed by atoms with Crippen LogP contribution in [0.2, 0.25) is 5.02 Å². The molecule has 0 spiro atoms. The Morgan fingerprint density at radius 2 is 2.25 bits per heavy atom. The Labute approximate surface area is 99.3 Å². The molecule has 1 N–H and O–H groups in total. The molecule has 0 aliphatic carbocycles. The number of rotatable bonds is 0. The summed E-state index contributed by atoms with van der Waals surface area (Å²) in [5.74, 6) is 0. The summed E-state index contributed by atoms with van der Waals surface area (Å²) in [7, 11) is -3.39. The van der Waals surface area contributed by atoms with Crippen LogP contribution < -0.4 is 9.62 Å². The van der Waals surface area contributed by atoms with Crippen molar-refractivity contribution in [2.24, 2.45) is 0 Å². The average molecular weight is 259 g/mol. The Balaban J connectivity index is 2.24. The molecule has 2 aliphatic rings. The van der Waals surface area contributed by atoms with Crippen molar-refractivity contribution in [3.05, 3.63) is 23.2 Å². The number of anilines is 1. The Morgan fingerprint density at radius 1 is 1.44 bits per heavy atom. The van der Waals surface area contributed by atoms with Crippen LogP contribution >= 0.6 is 11.6 Å². The zero-order chi connectivity index (χ0) is 11.3. The van der Waals surface area contributed by atoms with Gasteiger partial charge in [0.25, 0.3) is 0 Å². The van der Waals surface area contributed by atoms with E-state index in [0.29, 0.717) is 5.02 Å². The summed E-state index contributed by atoms with van der Waals surface area (Å²) in [5.41, 5.74) is 0.769. The first-order chi connectivity index (χ1) is 7.58. The van der Waals surface area contributed by atoms with Crippen LogP contribution in [0.15, 0.2) is 23.1 Å². The predicted molar refractivity (Wildman–Crippen MR) is 62.1 cm³/mol. The van der Waals surface area contributed by atoms with Crippen molar-refractivity contribution in [2.75, 3.05) is 11.4 Å². The van der Waals surface area contributed by atoms with Crippen molar-refractivity contribution in [3.63, 3.8) is 0 Å². The highest BCUT2D eigenvalue weighted by molar-refractivity contribution is 7.89. The molecule has 2 aliphatic heterocycles. The first-order valence-corrected chi connectivity index (χ1v) is 7.02. The van der Waals surface area contributed by atoms with Crippen molar-refractivity contribution in [3.8, 4) is 0 Å². The van der Waals surface area contributed by atoms with Crippen molar-refractivity contribution >= 4 is 27.3 Å².